The lowest BCUT2D eigenvalue weighted by molar-refractivity contribution is -0.385. The summed E-state index contributed by atoms with van der Waals surface area (Å²) in [7, 11) is 0. The fraction of sp³-hybridized carbons (Fsp3) is 0.211. The van der Waals surface area contributed by atoms with Crippen molar-refractivity contribution in [1.82, 2.24) is 20.1 Å². The molecule has 14 heteroatoms. The summed E-state index contributed by atoms with van der Waals surface area (Å²) in [5, 5.41) is 21.0. The second kappa shape index (κ2) is 7.30. The third-order valence-corrected chi connectivity index (χ3v) is 6.12. The number of carbonyl (C=O) groups is 1. The Morgan fingerprint density at radius 1 is 1.33 bits per heavy atom. The molecule has 170 valence electrons. The molecule has 4 aromatic heterocycles. The molecule has 0 radical (unpaired) electrons. The van der Waals surface area contributed by atoms with Crippen LogP contribution in [0.2, 0.25) is 0 Å². The first-order valence-electron chi connectivity index (χ1n) is 9.44. The summed E-state index contributed by atoms with van der Waals surface area (Å²) in [5.41, 5.74) is -0.440. The monoisotopic (exact) mass is 478 g/mol. The average molecular weight is 478 g/mol. The zero-order valence-corrected chi connectivity index (χ0v) is 17.5. The smallest absolute Gasteiger partial charge is 0.433 e. The molecule has 1 aliphatic heterocycles. The standard InChI is InChI=1S/C19H13F3N6O4S/c1-8-4-12(19(20,21)22)24-18-13(8)14-15(33-18)17(29)26-16(25-14)11-3-2-10(32-11)7-27-6-9(5-23-27)28(30)31/h2-6,16,25H,7H2,1H3,(H,26,29)/t16-/m0/s1. The number of anilines is 1. The quantitative estimate of drug-likeness (QED) is 0.332. The van der Waals surface area contributed by atoms with Crippen molar-refractivity contribution >= 4 is 38.8 Å². The maximum atomic E-state index is 13.1. The van der Waals surface area contributed by atoms with Crippen molar-refractivity contribution in [2.45, 2.75) is 25.8 Å². The van der Waals surface area contributed by atoms with Crippen molar-refractivity contribution in [3.05, 3.63) is 68.4 Å². The van der Waals surface area contributed by atoms with E-state index in [0.29, 0.717) is 28.2 Å². The number of aryl methyl sites for hydroxylation is 1. The van der Waals surface area contributed by atoms with Crippen LogP contribution in [0.3, 0.4) is 0 Å². The predicted molar refractivity (Wildman–Crippen MR) is 110 cm³/mol. The fourth-order valence-electron chi connectivity index (χ4n) is 3.57. The first kappa shape index (κ1) is 20.9. The van der Waals surface area contributed by atoms with E-state index in [1.54, 1.807) is 12.1 Å². The Morgan fingerprint density at radius 2 is 2.12 bits per heavy atom. The molecule has 0 fully saturated rings. The van der Waals surface area contributed by atoms with Gasteiger partial charge in [-0.15, -0.1) is 11.3 Å². The maximum absolute atomic E-state index is 13.1. The molecule has 1 amide bonds. The Labute approximate surface area is 186 Å². The summed E-state index contributed by atoms with van der Waals surface area (Å²) < 4.78 is 46.5. The van der Waals surface area contributed by atoms with Crippen LogP contribution in [0.1, 0.15) is 38.6 Å². The number of rotatable bonds is 4. The number of halogens is 3. The van der Waals surface area contributed by atoms with Crippen LogP contribution in [0.15, 0.2) is 35.0 Å². The van der Waals surface area contributed by atoms with Crippen molar-refractivity contribution in [1.29, 1.82) is 0 Å². The number of pyridine rings is 1. The minimum Gasteiger partial charge on any atom is -0.460 e. The van der Waals surface area contributed by atoms with Gasteiger partial charge in [0.15, 0.2) is 6.17 Å². The van der Waals surface area contributed by atoms with Gasteiger partial charge in [-0.3, -0.25) is 19.6 Å². The first-order valence-corrected chi connectivity index (χ1v) is 10.3. The van der Waals surface area contributed by atoms with E-state index in [0.717, 1.165) is 23.6 Å². The normalized spacial score (nSPS) is 15.9. The number of furan rings is 1. The molecule has 1 aliphatic rings. The number of nitro groups is 1. The number of hydrogen-bond acceptors (Lipinski definition) is 8. The Hall–Kier alpha value is -3.94. The number of alkyl halides is 3. The number of nitrogens with one attached hydrogen (secondary N) is 2. The van der Waals surface area contributed by atoms with Gasteiger partial charge in [-0.05, 0) is 30.7 Å². The highest BCUT2D eigenvalue weighted by Crippen LogP contribution is 2.42. The van der Waals surface area contributed by atoms with Crippen LogP contribution in [0.5, 0.6) is 0 Å². The third kappa shape index (κ3) is 3.67. The lowest BCUT2D eigenvalue weighted by Gasteiger charge is -2.24. The van der Waals surface area contributed by atoms with E-state index in [4.69, 9.17) is 4.42 Å². The Balaban J connectivity index is 1.44. The number of carbonyl (C=O) groups excluding carboxylic acids is 1. The summed E-state index contributed by atoms with van der Waals surface area (Å²) in [6.07, 6.45) is -2.99. The van der Waals surface area contributed by atoms with E-state index in [1.165, 1.54) is 17.8 Å². The molecule has 0 spiro atoms. The fourth-order valence-corrected chi connectivity index (χ4v) is 4.69. The summed E-state index contributed by atoms with van der Waals surface area (Å²) in [6, 6.07) is 4.21. The van der Waals surface area contributed by atoms with Crippen molar-refractivity contribution < 1.29 is 27.3 Å². The minimum atomic E-state index is -4.60. The summed E-state index contributed by atoms with van der Waals surface area (Å²) in [6.45, 7) is 1.66. The number of thiophene rings is 1. The molecule has 0 saturated carbocycles. The van der Waals surface area contributed by atoms with Gasteiger partial charge in [-0.2, -0.15) is 18.3 Å². The van der Waals surface area contributed by atoms with E-state index >= 15 is 0 Å². The SMILES string of the molecule is Cc1cc(C(F)(F)F)nc2sc3c(c12)N[C@H](c1ccc(Cn2cc([N+](=O)[O-])cn2)o1)NC3=O. The maximum Gasteiger partial charge on any atom is 0.433 e. The molecular formula is C19H13F3N6O4S. The summed E-state index contributed by atoms with van der Waals surface area (Å²) in [4.78, 5) is 27.0. The Morgan fingerprint density at radius 3 is 2.82 bits per heavy atom. The molecule has 2 N–H and O–H groups in total. The molecule has 4 aromatic rings. The number of aromatic nitrogens is 3. The minimum absolute atomic E-state index is 0.107. The first-order chi connectivity index (χ1) is 15.6. The molecule has 0 saturated heterocycles. The molecule has 0 aromatic carbocycles. The predicted octanol–water partition coefficient (Wildman–Crippen LogP) is 4.22. The van der Waals surface area contributed by atoms with Gasteiger partial charge in [0, 0.05) is 5.39 Å². The van der Waals surface area contributed by atoms with E-state index in [1.807, 2.05) is 0 Å². The Kier molecular flexibility index (Phi) is 4.63. The lowest BCUT2D eigenvalue weighted by atomic mass is 10.1. The highest BCUT2D eigenvalue weighted by Gasteiger charge is 2.36. The third-order valence-electron chi connectivity index (χ3n) is 5.04. The van der Waals surface area contributed by atoms with Crippen LogP contribution in [0.4, 0.5) is 24.5 Å². The van der Waals surface area contributed by atoms with Crippen LogP contribution in [-0.4, -0.2) is 25.6 Å². The van der Waals surface area contributed by atoms with Crippen LogP contribution < -0.4 is 10.6 Å². The number of nitrogens with zero attached hydrogens (tertiary/aromatic N) is 4. The average Bonchev–Trinajstić information content (AvgIpc) is 3.46. The zero-order valence-electron chi connectivity index (χ0n) is 16.6. The van der Waals surface area contributed by atoms with Crippen molar-refractivity contribution in [3.63, 3.8) is 0 Å². The van der Waals surface area contributed by atoms with Crippen LogP contribution in [0, 0.1) is 17.0 Å². The van der Waals surface area contributed by atoms with Gasteiger partial charge in [0.1, 0.15) is 39.3 Å². The van der Waals surface area contributed by atoms with E-state index < -0.39 is 28.9 Å². The molecule has 0 aliphatic carbocycles. The van der Waals surface area contributed by atoms with Crippen LogP contribution in [-0.2, 0) is 12.7 Å². The van der Waals surface area contributed by atoms with Gasteiger partial charge >= 0.3 is 11.9 Å². The molecule has 5 heterocycles. The molecule has 10 nitrogen and oxygen atoms in total. The molecule has 0 unspecified atom stereocenters. The van der Waals surface area contributed by atoms with Gasteiger partial charge < -0.3 is 15.1 Å². The molecule has 5 rings (SSSR count). The van der Waals surface area contributed by atoms with Crippen LogP contribution in [0.25, 0.3) is 10.2 Å². The highest BCUT2D eigenvalue weighted by molar-refractivity contribution is 7.21. The van der Waals surface area contributed by atoms with Crippen molar-refractivity contribution in [2.75, 3.05) is 5.32 Å². The highest BCUT2D eigenvalue weighted by atomic mass is 32.1. The summed E-state index contributed by atoms with van der Waals surface area (Å²) in [5.74, 6) is 0.320. The topological polar surface area (TPSA) is 128 Å². The number of fused-ring (bicyclic) bond motifs is 3. The van der Waals surface area contributed by atoms with E-state index in [2.05, 4.69) is 20.7 Å². The van der Waals surface area contributed by atoms with Crippen LogP contribution >= 0.6 is 11.3 Å². The number of amides is 1. The van der Waals surface area contributed by atoms with E-state index in [9.17, 15) is 28.1 Å². The number of hydrogen-bond donors (Lipinski definition) is 2. The Bertz CT molecular complexity index is 1420. The van der Waals surface area contributed by atoms with Gasteiger partial charge in [0.25, 0.3) is 5.91 Å². The summed E-state index contributed by atoms with van der Waals surface area (Å²) >= 11 is 0.878. The zero-order chi connectivity index (χ0) is 23.5. The van der Waals surface area contributed by atoms with Gasteiger partial charge in [0.2, 0.25) is 0 Å². The van der Waals surface area contributed by atoms with Crippen molar-refractivity contribution in [2.24, 2.45) is 0 Å². The second-order valence-electron chi connectivity index (χ2n) is 7.32. The van der Waals surface area contributed by atoms with Crippen molar-refractivity contribution in [3.8, 4) is 0 Å². The molecule has 1 atom stereocenters. The molecular weight excluding hydrogens is 465 g/mol. The largest absolute Gasteiger partial charge is 0.460 e. The second-order valence-corrected chi connectivity index (χ2v) is 8.32. The van der Waals surface area contributed by atoms with Gasteiger partial charge in [-0.1, -0.05) is 0 Å². The van der Waals surface area contributed by atoms with Gasteiger partial charge in [-0.25, -0.2) is 4.98 Å². The molecule has 0 bridgehead atoms. The lowest BCUT2D eigenvalue weighted by Crippen LogP contribution is -2.37. The van der Waals surface area contributed by atoms with E-state index in [-0.39, 0.29) is 21.9 Å². The molecule has 33 heavy (non-hydrogen) atoms. The van der Waals surface area contributed by atoms with Gasteiger partial charge in [0.05, 0.1) is 17.2 Å².